The van der Waals surface area contributed by atoms with Gasteiger partial charge in [0.1, 0.15) is 17.2 Å². The highest BCUT2D eigenvalue weighted by molar-refractivity contribution is 7.61. The second-order valence-corrected chi connectivity index (χ2v) is 8.92. The molecule has 0 bridgehead atoms. The van der Waals surface area contributed by atoms with E-state index in [0.717, 1.165) is 0 Å². The molecule has 2 aromatic carbocycles. The standard InChI is InChI=1S/C17H16O6P2/c18-24(19,22-14-8-3-1-4-9-14)16-12-7-13-17(16)25(20,21)23-15-10-5-2-6-11-15/h1-13,16H,(H,18,19)(H,20,21). The van der Waals surface area contributed by atoms with Gasteiger partial charge < -0.3 is 18.8 Å². The minimum atomic E-state index is -4.33. The Kier molecular flexibility index (Phi) is 4.98. The van der Waals surface area contributed by atoms with Crippen LogP contribution >= 0.6 is 15.2 Å². The molecular weight excluding hydrogens is 362 g/mol. The van der Waals surface area contributed by atoms with E-state index in [4.69, 9.17) is 9.05 Å². The van der Waals surface area contributed by atoms with Gasteiger partial charge in [-0.15, -0.1) is 0 Å². The Labute approximate surface area is 145 Å². The van der Waals surface area contributed by atoms with Crippen LogP contribution in [0.3, 0.4) is 0 Å². The zero-order chi connectivity index (χ0) is 17.9. The van der Waals surface area contributed by atoms with E-state index < -0.39 is 20.9 Å². The molecule has 3 rings (SSSR count). The highest BCUT2D eigenvalue weighted by Gasteiger charge is 2.45. The summed E-state index contributed by atoms with van der Waals surface area (Å²) in [5.74, 6) is 0.390. The Morgan fingerprint density at radius 3 is 1.88 bits per heavy atom. The van der Waals surface area contributed by atoms with E-state index in [1.54, 1.807) is 36.4 Å². The average Bonchev–Trinajstić information content (AvgIpc) is 3.08. The predicted octanol–water partition coefficient (Wildman–Crippen LogP) is 4.34. The molecule has 3 atom stereocenters. The first-order chi connectivity index (χ1) is 11.9. The third-order valence-corrected chi connectivity index (χ3v) is 6.86. The van der Waals surface area contributed by atoms with Crippen molar-refractivity contribution in [2.24, 2.45) is 0 Å². The van der Waals surface area contributed by atoms with E-state index in [1.165, 1.54) is 42.5 Å². The number of hydrogen-bond acceptors (Lipinski definition) is 4. The summed E-state index contributed by atoms with van der Waals surface area (Å²) >= 11 is 0. The molecule has 8 heteroatoms. The fourth-order valence-electron chi connectivity index (χ4n) is 2.36. The van der Waals surface area contributed by atoms with Crippen LogP contribution in [0, 0.1) is 0 Å². The molecule has 6 nitrogen and oxygen atoms in total. The maximum atomic E-state index is 12.6. The number of para-hydroxylation sites is 2. The normalized spacial score (nSPS) is 21.0. The van der Waals surface area contributed by atoms with E-state index in [0.29, 0.717) is 0 Å². The summed E-state index contributed by atoms with van der Waals surface area (Å²) in [5.41, 5.74) is -1.26. The van der Waals surface area contributed by atoms with Gasteiger partial charge in [0.25, 0.3) is 0 Å². The van der Waals surface area contributed by atoms with Crippen molar-refractivity contribution in [1.29, 1.82) is 0 Å². The van der Waals surface area contributed by atoms with Crippen LogP contribution in [-0.2, 0) is 9.13 Å². The van der Waals surface area contributed by atoms with Gasteiger partial charge in [-0.05, 0) is 30.3 Å². The molecule has 0 heterocycles. The van der Waals surface area contributed by atoms with Gasteiger partial charge in [0.15, 0.2) is 0 Å². The van der Waals surface area contributed by atoms with E-state index in [1.807, 2.05) is 0 Å². The highest BCUT2D eigenvalue weighted by Crippen LogP contribution is 2.63. The summed E-state index contributed by atoms with van der Waals surface area (Å²) in [7, 11) is -8.62. The Morgan fingerprint density at radius 1 is 0.800 bits per heavy atom. The number of allylic oxidation sites excluding steroid dienone is 4. The lowest BCUT2D eigenvalue weighted by molar-refractivity contribution is 0.368. The molecule has 25 heavy (non-hydrogen) atoms. The first-order valence-corrected chi connectivity index (χ1v) is 10.6. The van der Waals surface area contributed by atoms with Crippen LogP contribution in [0.1, 0.15) is 0 Å². The van der Waals surface area contributed by atoms with Crippen molar-refractivity contribution in [2.75, 3.05) is 0 Å². The van der Waals surface area contributed by atoms with Crippen LogP contribution in [0.2, 0.25) is 0 Å². The highest BCUT2D eigenvalue weighted by atomic mass is 31.2. The molecule has 0 saturated heterocycles. The summed E-state index contributed by atoms with van der Waals surface area (Å²) in [6, 6.07) is 16.2. The fraction of sp³-hybridized carbons (Fsp3) is 0.0588. The summed E-state index contributed by atoms with van der Waals surface area (Å²) < 4.78 is 35.6. The predicted molar refractivity (Wildman–Crippen MR) is 94.8 cm³/mol. The lowest BCUT2D eigenvalue weighted by Crippen LogP contribution is -2.13. The smallest absolute Gasteiger partial charge is 0.405 e. The van der Waals surface area contributed by atoms with Crippen molar-refractivity contribution in [3.8, 4) is 11.5 Å². The third kappa shape index (κ3) is 4.12. The largest absolute Gasteiger partial charge is 0.424 e. The summed E-state index contributed by atoms with van der Waals surface area (Å²) in [6.45, 7) is 0. The van der Waals surface area contributed by atoms with Gasteiger partial charge in [-0.3, -0.25) is 0 Å². The number of benzene rings is 2. The molecule has 2 aromatic rings. The molecule has 1 aliphatic rings. The van der Waals surface area contributed by atoms with Gasteiger partial charge in [0.05, 0.1) is 5.31 Å². The maximum Gasteiger partial charge on any atom is 0.405 e. The average molecular weight is 378 g/mol. The van der Waals surface area contributed by atoms with E-state index in [2.05, 4.69) is 0 Å². The van der Waals surface area contributed by atoms with Crippen LogP contribution in [0.5, 0.6) is 11.5 Å². The van der Waals surface area contributed by atoms with Gasteiger partial charge in [-0.25, -0.2) is 9.13 Å². The second kappa shape index (κ2) is 7.03. The Balaban J connectivity index is 1.82. The van der Waals surface area contributed by atoms with Crippen molar-refractivity contribution in [2.45, 2.75) is 5.66 Å². The number of hydrogen-bond donors (Lipinski definition) is 2. The van der Waals surface area contributed by atoms with Crippen molar-refractivity contribution in [3.63, 3.8) is 0 Å². The van der Waals surface area contributed by atoms with Gasteiger partial charge in [0.2, 0.25) is 0 Å². The van der Waals surface area contributed by atoms with Crippen molar-refractivity contribution in [3.05, 3.63) is 84.2 Å². The fourth-order valence-corrected chi connectivity index (χ4v) is 5.72. The third-order valence-electron chi connectivity index (χ3n) is 3.49. The SMILES string of the molecule is O=P(O)(Oc1ccccc1)C1=CC=CC1P(=O)(O)Oc1ccccc1. The quantitative estimate of drug-likeness (QED) is 0.727. The minimum Gasteiger partial charge on any atom is -0.424 e. The van der Waals surface area contributed by atoms with Crippen LogP contribution in [0.15, 0.2) is 84.2 Å². The summed E-state index contributed by atoms with van der Waals surface area (Å²) in [6.07, 6.45) is 4.11. The lowest BCUT2D eigenvalue weighted by Gasteiger charge is -2.23. The topological polar surface area (TPSA) is 93.1 Å². The first-order valence-electron chi connectivity index (χ1n) is 7.42. The molecular formula is C17H16O6P2. The van der Waals surface area contributed by atoms with Crippen molar-refractivity contribution in [1.82, 2.24) is 0 Å². The molecule has 130 valence electrons. The van der Waals surface area contributed by atoms with E-state index in [9.17, 15) is 18.9 Å². The van der Waals surface area contributed by atoms with E-state index >= 15 is 0 Å². The lowest BCUT2D eigenvalue weighted by atomic mass is 10.3. The molecule has 1 aliphatic carbocycles. The van der Waals surface area contributed by atoms with Crippen LogP contribution in [0.4, 0.5) is 0 Å². The Bertz CT molecular complexity index is 892. The minimum absolute atomic E-state index is 0.182. The van der Waals surface area contributed by atoms with Gasteiger partial charge in [-0.1, -0.05) is 48.6 Å². The van der Waals surface area contributed by atoms with Gasteiger partial charge in [-0.2, -0.15) is 0 Å². The molecule has 0 aromatic heterocycles. The molecule has 2 N–H and O–H groups in total. The summed E-state index contributed by atoms with van der Waals surface area (Å²) in [5, 5.41) is -0.182. The molecule has 0 spiro atoms. The molecule has 0 fully saturated rings. The zero-order valence-electron chi connectivity index (χ0n) is 13.0. The van der Waals surface area contributed by atoms with Crippen molar-refractivity contribution < 1.29 is 28.0 Å². The molecule has 0 amide bonds. The maximum absolute atomic E-state index is 12.6. The second-order valence-electron chi connectivity index (χ2n) is 5.31. The van der Waals surface area contributed by atoms with Crippen molar-refractivity contribution >= 4 is 15.2 Å². The van der Waals surface area contributed by atoms with Crippen LogP contribution < -0.4 is 9.05 Å². The van der Waals surface area contributed by atoms with Crippen LogP contribution in [0.25, 0.3) is 0 Å². The Morgan fingerprint density at radius 2 is 1.32 bits per heavy atom. The summed E-state index contributed by atoms with van der Waals surface area (Å²) in [4.78, 5) is 20.6. The molecule has 0 saturated carbocycles. The van der Waals surface area contributed by atoms with Crippen LogP contribution in [-0.4, -0.2) is 15.4 Å². The van der Waals surface area contributed by atoms with Gasteiger partial charge in [0, 0.05) is 0 Å². The zero-order valence-corrected chi connectivity index (χ0v) is 14.8. The monoisotopic (exact) mass is 378 g/mol. The van der Waals surface area contributed by atoms with E-state index in [-0.39, 0.29) is 16.8 Å². The number of rotatable bonds is 6. The molecule has 3 unspecified atom stereocenters. The Hall–Kier alpha value is -2.10. The first kappa shape index (κ1) is 17.7. The molecule has 0 radical (unpaired) electrons. The van der Waals surface area contributed by atoms with Gasteiger partial charge >= 0.3 is 15.2 Å². The molecule has 0 aliphatic heterocycles.